The Morgan fingerprint density at radius 2 is 2.10 bits per heavy atom. The van der Waals surface area contributed by atoms with Crippen molar-refractivity contribution < 1.29 is 23.1 Å². The van der Waals surface area contributed by atoms with E-state index in [0.717, 1.165) is 12.5 Å². The minimum absolute atomic E-state index is 0.0179. The Morgan fingerprint density at radius 1 is 1.45 bits per heavy atom. The Morgan fingerprint density at radius 3 is 2.65 bits per heavy atom. The van der Waals surface area contributed by atoms with Gasteiger partial charge in [0.05, 0.1) is 11.7 Å². The van der Waals surface area contributed by atoms with Gasteiger partial charge in [-0.15, -0.1) is 0 Å². The Hall–Kier alpha value is -1.08. The standard InChI is InChI=1S/C13H15BrF3NO2/c1-2-3-9(19)7-18-12(20)8-4-5-11(14)10(6-8)13(15,16)17/h4-6,9,19H,2-3,7H2,1H3,(H,18,20). The molecule has 1 amide bonds. The average molecular weight is 354 g/mol. The van der Waals surface area contributed by atoms with E-state index in [-0.39, 0.29) is 16.6 Å². The zero-order valence-corrected chi connectivity index (χ0v) is 12.4. The van der Waals surface area contributed by atoms with E-state index in [1.165, 1.54) is 12.1 Å². The van der Waals surface area contributed by atoms with Crippen LogP contribution >= 0.6 is 15.9 Å². The van der Waals surface area contributed by atoms with Gasteiger partial charge in [-0.25, -0.2) is 0 Å². The van der Waals surface area contributed by atoms with E-state index in [1.54, 1.807) is 0 Å². The molecule has 0 aliphatic heterocycles. The summed E-state index contributed by atoms with van der Waals surface area (Å²) in [4.78, 5) is 11.7. The van der Waals surface area contributed by atoms with Crippen molar-refractivity contribution in [1.29, 1.82) is 0 Å². The molecular formula is C13H15BrF3NO2. The highest BCUT2D eigenvalue weighted by Crippen LogP contribution is 2.35. The summed E-state index contributed by atoms with van der Waals surface area (Å²) in [5, 5.41) is 11.9. The highest BCUT2D eigenvalue weighted by Gasteiger charge is 2.33. The zero-order chi connectivity index (χ0) is 15.3. The average Bonchev–Trinajstić information content (AvgIpc) is 2.35. The zero-order valence-electron chi connectivity index (χ0n) is 10.8. The molecule has 0 aliphatic carbocycles. The molecule has 1 atom stereocenters. The van der Waals surface area contributed by atoms with Gasteiger partial charge >= 0.3 is 6.18 Å². The summed E-state index contributed by atoms with van der Waals surface area (Å²) in [6, 6.07) is 3.26. The van der Waals surface area contributed by atoms with Crippen molar-refractivity contribution in [1.82, 2.24) is 5.32 Å². The molecule has 0 aliphatic rings. The molecule has 0 radical (unpaired) electrons. The number of amides is 1. The SMILES string of the molecule is CCCC(O)CNC(=O)c1ccc(Br)c(C(F)(F)F)c1. The first-order chi connectivity index (χ1) is 9.25. The van der Waals surface area contributed by atoms with Crippen LogP contribution in [0.1, 0.15) is 35.7 Å². The molecule has 1 unspecified atom stereocenters. The van der Waals surface area contributed by atoms with Crippen LogP contribution in [0.5, 0.6) is 0 Å². The predicted octanol–water partition coefficient (Wildman–Crippen LogP) is 3.36. The van der Waals surface area contributed by atoms with Gasteiger partial charge in [0, 0.05) is 16.6 Å². The van der Waals surface area contributed by atoms with E-state index in [0.29, 0.717) is 6.42 Å². The van der Waals surface area contributed by atoms with Crippen LogP contribution in [-0.4, -0.2) is 23.7 Å². The Bertz CT molecular complexity index is 477. The maximum Gasteiger partial charge on any atom is 0.417 e. The Labute approximate surface area is 123 Å². The van der Waals surface area contributed by atoms with E-state index in [2.05, 4.69) is 21.2 Å². The molecule has 0 saturated heterocycles. The van der Waals surface area contributed by atoms with Gasteiger partial charge in [-0.2, -0.15) is 13.2 Å². The number of halogens is 4. The van der Waals surface area contributed by atoms with Crippen LogP contribution in [-0.2, 0) is 6.18 Å². The van der Waals surface area contributed by atoms with Crippen molar-refractivity contribution >= 4 is 21.8 Å². The monoisotopic (exact) mass is 353 g/mol. The van der Waals surface area contributed by atoms with Gasteiger partial charge in [-0.3, -0.25) is 4.79 Å². The molecule has 2 N–H and O–H groups in total. The number of hydrogen-bond donors (Lipinski definition) is 2. The second kappa shape index (κ2) is 7.08. The molecule has 1 aromatic carbocycles. The number of carbonyl (C=O) groups is 1. The Balaban J connectivity index is 2.79. The van der Waals surface area contributed by atoms with E-state index in [1.807, 2.05) is 6.92 Å². The molecule has 1 aromatic rings. The third-order valence-electron chi connectivity index (χ3n) is 2.65. The first-order valence-electron chi connectivity index (χ1n) is 6.08. The summed E-state index contributed by atoms with van der Waals surface area (Å²) >= 11 is 2.81. The molecule has 3 nitrogen and oxygen atoms in total. The van der Waals surface area contributed by atoms with Crippen molar-refractivity contribution in [2.45, 2.75) is 32.0 Å². The lowest BCUT2D eigenvalue weighted by Gasteiger charge is -2.13. The smallest absolute Gasteiger partial charge is 0.391 e. The normalized spacial score (nSPS) is 13.1. The molecular weight excluding hydrogens is 339 g/mol. The highest BCUT2D eigenvalue weighted by molar-refractivity contribution is 9.10. The molecule has 0 aromatic heterocycles. The lowest BCUT2D eigenvalue weighted by molar-refractivity contribution is -0.138. The number of carbonyl (C=O) groups excluding carboxylic acids is 1. The van der Waals surface area contributed by atoms with E-state index >= 15 is 0 Å². The van der Waals surface area contributed by atoms with Crippen LogP contribution in [0.3, 0.4) is 0 Å². The second-order valence-corrected chi connectivity index (χ2v) is 5.20. The van der Waals surface area contributed by atoms with Crippen molar-refractivity contribution in [3.8, 4) is 0 Å². The Kier molecular flexibility index (Phi) is 6.01. The number of rotatable bonds is 5. The predicted molar refractivity (Wildman–Crippen MR) is 72.4 cm³/mol. The fraction of sp³-hybridized carbons (Fsp3) is 0.462. The van der Waals surface area contributed by atoms with E-state index in [9.17, 15) is 23.1 Å². The van der Waals surface area contributed by atoms with Gasteiger partial charge in [0.15, 0.2) is 0 Å². The van der Waals surface area contributed by atoms with Gasteiger partial charge in [-0.05, 0) is 24.6 Å². The quantitative estimate of drug-likeness (QED) is 0.852. The first-order valence-corrected chi connectivity index (χ1v) is 6.88. The summed E-state index contributed by atoms with van der Waals surface area (Å²) in [6.07, 6.45) is -3.94. The maximum atomic E-state index is 12.7. The van der Waals surface area contributed by atoms with Crippen LogP contribution in [0.15, 0.2) is 22.7 Å². The van der Waals surface area contributed by atoms with Crippen LogP contribution in [0.25, 0.3) is 0 Å². The number of nitrogens with one attached hydrogen (secondary N) is 1. The highest BCUT2D eigenvalue weighted by atomic mass is 79.9. The van der Waals surface area contributed by atoms with Crippen LogP contribution in [0.4, 0.5) is 13.2 Å². The van der Waals surface area contributed by atoms with Gasteiger partial charge in [-0.1, -0.05) is 29.3 Å². The summed E-state index contributed by atoms with van der Waals surface area (Å²) in [7, 11) is 0. The number of aliphatic hydroxyl groups is 1. The molecule has 0 fully saturated rings. The van der Waals surface area contributed by atoms with Crippen molar-refractivity contribution in [2.24, 2.45) is 0 Å². The molecule has 7 heteroatoms. The summed E-state index contributed by atoms with van der Waals surface area (Å²) in [5.74, 6) is -0.641. The molecule has 0 spiro atoms. The van der Waals surface area contributed by atoms with Crippen LogP contribution < -0.4 is 5.32 Å². The van der Waals surface area contributed by atoms with Gasteiger partial charge < -0.3 is 10.4 Å². The lowest BCUT2D eigenvalue weighted by Crippen LogP contribution is -2.32. The first kappa shape index (κ1) is 17.0. The molecule has 20 heavy (non-hydrogen) atoms. The largest absolute Gasteiger partial charge is 0.417 e. The van der Waals surface area contributed by atoms with Gasteiger partial charge in [0.2, 0.25) is 0 Å². The van der Waals surface area contributed by atoms with Crippen molar-refractivity contribution in [2.75, 3.05) is 6.54 Å². The summed E-state index contributed by atoms with van der Waals surface area (Å²) in [5.41, 5.74) is -0.997. The number of alkyl halides is 3. The number of hydrogen-bond acceptors (Lipinski definition) is 2. The molecule has 0 heterocycles. The van der Waals surface area contributed by atoms with E-state index in [4.69, 9.17) is 0 Å². The van der Waals surface area contributed by atoms with Crippen LogP contribution in [0, 0.1) is 0 Å². The number of benzene rings is 1. The topological polar surface area (TPSA) is 49.3 Å². The fourth-order valence-corrected chi connectivity index (χ4v) is 2.10. The summed E-state index contributed by atoms with van der Waals surface area (Å²) in [6.45, 7) is 1.90. The minimum Gasteiger partial charge on any atom is -0.391 e. The third-order valence-corrected chi connectivity index (χ3v) is 3.35. The van der Waals surface area contributed by atoms with Crippen molar-refractivity contribution in [3.05, 3.63) is 33.8 Å². The van der Waals surface area contributed by atoms with E-state index < -0.39 is 23.8 Å². The molecule has 112 valence electrons. The molecule has 0 bridgehead atoms. The van der Waals surface area contributed by atoms with Crippen LogP contribution in [0.2, 0.25) is 0 Å². The van der Waals surface area contributed by atoms with Crippen molar-refractivity contribution in [3.63, 3.8) is 0 Å². The molecule has 1 rings (SSSR count). The second-order valence-electron chi connectivity index (χ2n) is 4.34. The maximum absolute atomic E-state index is 12.7. The number of aliphatic hydroxyl groups excluding tert-OH is 1. The fourth-order valence-electron chi connectivity index (χ4n) is 1.63. The molecule has 0 saturated carbocycles. The summed E-state index contributed by atoms with van der Waals surface area (Å²) < 4.78 is 38.0. The lowest BCUT2D eigenvalue weighted by atomic mass is 10.1. The third kappa shape index (κ3) is 4.79. The van der Waals surface area contributed by atoms with Gasteiger partial charge in [0.25, 0.3) is 5.91 Å². The minimum atomic E-state index is -4.53. The van der Waals surface area contributed by atoms with Gasteiger partial charge in [0.1, 0.15) is 0 Å².